The average Bonchev–Trinajstić information content (AvgIpc) is 2.39. The molecule has 1 aromatic rings. The number of ether oxygens (including phenoxy) is 1. The van der Waals surface area contributed by atoms with Crippen molar-refractivity contribution in [3.63, 3.8) is 0 Å². The second-order valence-electron chi connectivity index (χ2n) is 4.18. The maximum Gasteiger partial charge on any atom is 0.272 e. The van der Waals surface area contributed by atoms with Crippen LogP contribution >= 0.6 is 0 Å². The number of hydrogen-bond acceptors (Lipinski definition) is 4. The van der Waals surface area contributed by atoms with Crippen molar-refractivity contribution in [2.75, 3.05) is 19.8 Å². The van der Waals surface area contributed by atoms with Crippen LogP contribution in [-0.2, 0) is 11.3 Å². The molecule has 1 aliphatic heterocycles. The van der Waals surface area contributed by atoms with Crippen molar-refractivity contribution in [1.29, 1.82) is 0 Å². The molecular weight excluding hydrogens is 218 g/mol. The van der Waals surface area contributed by atoms with Gasteiger partial charge in [-0.05, 0) is 18.6 Å². The van der Waals surface area contributed by atoms with Gasteiger partial charge in [0.05, 0.1) is 19.3 Å². The van der Waals surface area contributed by atoms with E-state index in [1.165, 1.54) is 0 Å². The van der Waals surface area contributed by atoms with E-state index in [1.807, 2.05) is 13.0 Å². The van der Waals surface area contributed by atoms with E-state index < -0.39 is 0 Å². The Labute approximate surface area is 101 Å². The maximum atomic E-state index is 12.2. The van der Waals surface area contributed by atoms with Crippen molar-refractivity contribution >= 4 is 5.91 Å². The van der Waals surface area contributed by atoms with Gasteiger partial charge in [-0.3, -0.25) is 9.78 Å². The minimum absolute atomic E-state index is 0.0376. The Morgan fingerprint density at radius 3 is 3.06 bits per heavy atom. The fraction of sp³-hybridized carbons (Fsp3) is 0.500. The molecule has 0 aromatic carbocycles. The smallest absolute Gasteiger partial charge is 0.272 e. The van der Waals surface area contributed by atoms with Crippen LogP contribution in [-0.4, -0.2) is 41.6 Å². The molecule has 1 aliphatic rings. The van der Waals surface area contributed by atoms with Gasteiger partial charge in [0.25, 0.3) is 5.91 Å². The Kier molecular flexibility index (Phi) is 3.71. The zero-order valence-corrected chi connectivity index (χ0v) is 9.93. The van der Waals surface area contributed by atoms with E-state index in [-0.39, 0.29) is 11.9 Å². The number of aromatic nitrogens is 1. The molecule has 0 bridgehead atoms. The van der Waals surface area contributed by atoms with E-state index in [0.717, 1.165) is 5.56 Å². The van der Waals surface area contributed by atoms with Crippen LogP contribution in [0.3, 0.4) is 0 Å². The highest BCUT2D eigenvalue weighted by Crippen LogP contribution is 2.11. The molecule has 1 fully saturated rings. The summed E-state index contributed by atoms with van der Waals surface area (Å²) in [7, 11) is 0. The summed E-state index contributed by atoms with van der Waals surface area (Å²) in [5.74, 6) is -0.0376. The summed E-state index contributed by atoms with van der Waals surface area (Å²) in [5, 5.41) is 0. The number of amides is 1. The monoisotopic (exact) mass is 235 g/mol. The summed E-state index contributed by atoms with van der Waals surface area (Å²) in [6.07, 6.45) is 1.65. The average molecular weight is 235 g/mol. The van der Waals surface area contributed by atoms with Gasteiger partial charge in [-0.2, -0.15) is 0 Å². The van der Waals surface area contributed by atoms with Gasteiger partial charge in [-0.1, -0.05) is 6.07 Å². The number of pyridine rings is 1. The molecule has 0 radical (unpaired) electrons. The number of rotatable bonds is 2. The molecule has 5 nitrogen and oxygen atoms in total. The molecule has 92 valence electrons. The predicted octanol–water partition coefficient (Wildman–Crippen LogP) is 0.401. The lowest BCUT2D eigenvalue weighted by molar-refractivity contribution is 0.00327. The summed E-state index contributed by atoms with van der Waals surface area (Å²) in [6.45, 7) is 4.23. The molecule has 0 aliphatic carbocycles. The van der Waals surface area contributed by atoms with Crippen LogP contribution in [0, 0.1) is 0 Å². The van der Waals surface area contributed by atoms with Crippen LogP contribution in [0.15, 0.2) is 18.3 Å². The Hall–Kier alpha value is -1.46. The fourth-order valence-electron chi connectivity index (χ4n) is 1.85. The van der Waals surface area contributed by atoms with Gasteiger partial charge in [0.1, 0.15) is 5.69 Å². The molecular formula is C12H17N3O2. The van der Waals surface area contributed by atoms with Gasteiger partial charge < -0.3 is 15.4 Å². The van der Waals surface area contributed by atoms with Crippen molar-refractivity contribution in [2.45, 2.75) is 19.5 Å². The first kappa shape index (κ1) is 12.0. The van der Waals surface area contributed by atoms with Crippen LogP contribution in [0.5, 0.6) is 0 Å². The van der Waals surface area contributed by atoms with Crippen LogP contribution in [0.4, 0.5) is 0 Å². The van der Waals surface area contributed by atoms with Crippen molar-refractivity contribution in [2.24, 2.45) is 5.73 Å². The van der Waals surface area contributed by atoms with Crippen LogP contribution in [0.25, 0.3) is 0 Å². The third kappa shape index (κ3) is 2.62. The number of hydrogen-bond donors (Lipinski definition) is 1. The highest BCUT2D eigenvalue weighted by molar-refractivity contribution is 5.92. The summed E-state index contributed by atoms with van der Waals surface area (Å²) >= 11 is 0. The second-order valence-corrected chi connectivity index (χ2v) is 4.18. The summed E-state index contributed by atoms with van der Waals surface area (Å²) in [6, 6.07) is 3.67. The lowest BCUT2D eigenvalue weighted by Crippen LogP contribution is -2.47. The molecule has 0 saturated carbocycles. The first-order chi connectivity index (χ1) is 8.22. The Balaban J connectivity index is 2.12. The molecule has 2 heterocycles. The van der Waals surface area contributed by atoms with E-state index in [0.29, 0.717) is 32.0 Å². The number of morpholine rings is 1. The zero-order chi connectivity index (χ0) is 12.3. The predicted molar refractivity (Wildman–Crippen MR) is 63.4 cm³/mol. The molecule has 0 unspecified atom stereocenters. The molecule has 5 heteroatoms. The van der Waals surface area contributed by atoms with Gasteiger partial charge in [0, 0.05) is 19.3 Å². The first-order valence-corrected chi connectivity index (χ1v) is 5.76. The van der Waals surface area contributed by atoms with E-state index >= 15 is 0 Å². The summed E-state index contributed by atoms with van der Waals surface area (Å²) < 4.78 is 5.30. The molecule has 2 rings (SSSR count). The normalized spacial score (nSPS) is 20.4. The minimum Gasteiger partial charge on any atom is -0.377 e. The number of nitrogens with two attached hydrogens (primary N) is 1. The quantitative estimate of drug-likeness (QED) is 0.805. The molecule has 17 heavy (non-hydrogen) atoms. The molecule has 1 amide bonds. The standard InChI is InChI=1S/C12H17N3O2/c1-9-8-17-5-4-15(9)12(16)11-3-2-10(6-13)7-14-11/h2-3,7,9H,4-6,8,13H2,1H3/t9-/m1/s1. The second kappa shape index (κ2) is 5.25. The lowest BCUT2D eigenvalue weighted by atomic mass is 10.2. The molecule has 2 N–H and O–H groups in total. The van der Waals surface area contributed by atoms with Gasteiger partial charge in [0.15, 0.2) is 0 Å². The minimum atomic E-state index is -0.0376. The maximum absolute atomic E-state index is 12.2. The third-order valence-corrected chi connectivity index (χ3v) is 2.91. The van der Waals surface area contributed by atoms with Crippen molar-refractivity contribution in [3.05, 3.63) is 29.6 Å². The van der Waals surface area contributed by atoms with Gasteiger partial charge in [-0.25, -0.2) is 0 Å². The SMILES string of the molecule is C[C@@H]1COCCN1C(=O)c1ccc(CN)cn1. The largest absolute Gasteiger partial charge is 0.377 e. The fourth-order valence-corrected chi connectivity index (χ4v) is 1.85. The van der Waals surface area contributed by atoms with Crippen molar-refractivity contribution in [1.82, 2.24) is 9.88 Å². The number of carbonyl (C=O) groups excluding carboxylic acids is 1. The third-order valence-electron chi connectivity index (χ3n) is 2.91. The Bertz CT molecular complexity index is 391. The Morgan fingerprint density at radius 1 is 1.65 bits per heavy atom. The highest BCUT2D eigenvalue weighted by Gasteiger charge is 2.25. The molecule has 0 spiro atoms. The topological polar surface area (TPSA) is 68.5 Å². The van der Waals surface area contributed by atoms with Gasteiger partial charge >= 0.3 is 0 Å². The van der Waals surface area contributed by atoms with Gasteiger partial charge in [0.2, 0.25) is 0 Å². The summed E-state index contributed by atoms with van der Waals surface area (Å²) in [4.78, 5) is 18.1. The molecule has 1 aromatic heterocycles. The zero-order valence-electron chi connectivity index (χ0n) is 9.93. The van der Waals surface area contributed by atoms with Crippen molar-refractivity contribution < 1.29 is 9.53 Å². The lowest BCUT2D eigenvalue weighted by Gasteiger charge is -2.33. The van der Waals surface area contributed by atoms with E-state index in [2.05, 4.69) is 4.98 Å². The number of nitrogens with zero attached hydrogens (tertiary/aromatic N) is 2. The Morgan fingerprint density at radius 2 is 2.47 bits per heavy atom. The number of carbonyl (C=O) groups is 1. The molecule has 1 saturated heterocycles. The van der Waals surface area contributed by atoms with Crippen LogP contribution in [0.2, 0.25) is 0 Å². The van der Waals surface area contributed by atoms with E-state index in [4.69, 9.17) is 10.5 Å². The van der Waals surface area contributed by atoms with Crippen LogP contribution < -0.4 is 5.73 Å². The van der Waals surface area contributed by atoms with E-state index in [9.17, 15) is 4.79 Å². The summed E-state index contributed by atoms with van der Waals surface area (Å²) in [5.41, 5.74) is 6.88. The molecule has 1 atom stereocenters. The van der Waals surface area contributed by atoms with Crippen LogP contribution in [0.1, 0.15) is 23.0 Å². The highest BCUT2D eigenvalue weighted by atomic mass is 16.5. The van der Waals surface area contributed by atoms with Crippen molar-refractivity contribution in [3.8, 4) is 0 Å². The van der Waals surface area contributed by atoms with E-state index in [1.54, 1.807) is 17.2 Å². The first-order valence-electron chi connectivity index (χ1n) is 5.76. The van der Waals surface area contributed by atoms with Gasteiger partial charge in [-0.15, -0.1) is 0 Å².